The number of rotatable bonds is 6. The number of amides is 1. The summed E-state index contributed by atoms with van der Waals surface area (Å²) in [6, 6.07) is 15.9. The zero-order chi connectivity index (χ0) is 21.8. The lowest BCUT2D eigenvalue weighted by atomic mass is 9.85. The molecule has 0 unspecified atom stereocenters. The maximum absolute atomic E-state index is 12.6. The SMILES string of the molecule is CN(C)c1nc(NC2CCC(C(=O)NCc3cccc(N)c3)CC2)nc2ccccc12. The Morgan fingerprint density at radius 1 is 1.06 bits per heavy atom. The molecule has 1 fully saturated rings. The standard InChI is InChI=1S/C24H30N6O/c1-30(2)22-20-8-3-4-9-21(20)28-24(29-22)27-19-12-10-17(11-13-19)23(31)26-15-16-6-5-7-18(25)14-16/h3-9,14,17,19H,10-13,15,25H2,1-2H3,(H,26,31)(H,27,28,29). The van der Waals surface area contributed by atoms with Gasteiger partial charge in [0.1, 0.15) is 5.82 Å². The Labute approximate surface area is 183 Å². The van der Waals surface area contributed by atoms with Gasteiger partial charge in [-0.25, -0.2) is 4.98 Å². The van der Waals surface area contributed by atoms with Crippen molar-refractivity contribution in [1.82, 2.24) is 15.3 Å². The van der Waals surface area contributed by atoms with E-state index in [1.165, 1.54) is 0 Å². The molecule has 7 heteroatoms. The van der Waals surface area contributed by atoms with E-state index in [2.05, 4.69) is 10.6 Å². The monoisotopic (exact) mass is 418 g/mol. The Hall–Kier alpha value is -3.35. The number of nitrogen functional groups attached to an aromatic ring is 1. The van der Waals surface area contributed by atoms with Crippen molar-refractivity contribution in [2.75, 3.05) is 30.0 Å². The van der Waals surface area contributed by atoms with E-state index in [1.807, 2.05) is 67.5 Å². The van der Waals surface area contributed by atoms with Crippen LogP contribution in [0, 0.1) is 5.92 Å². The van der Waals surface area contributed by atoms with Crippen LogP contribution in [-0.4, -0.2) is 36.0 Å². The van der Waals surface area contributed by atoms with E-state index >= 15 is 0 Å². The lowest BCUT2D eigenvalue weighted by Crippen LogP contribution is -2.35. The molecule has 1 aromatic heterocycles. The van der Waals surface area contributed by atoms with E-state index in [0.717, 1.165) is 48.0 Å². The molecule has 2 aromatic carbocycles. The third-order valence-corrected chi connectivity index (χ3v) is 5.86. The molecule has 1 aliphatic carbocycles. The smallest absolute Gasteiger partial charge is 0.225 e. The van der Waals surface area contributed by atoms with Gasteiger partial charge in [0, 0.05) is 43.7 Å². The highest BCUT2D eigenvalue weighted by Gasteiger charge is 2.26. The van der Waals surface area contributed by atoms with E-state index in [9.17, 15) is 4.79 Å². The van der Waals surface area contributed by atoms with Gasteiger partial charge in [-0.1, -0.05) is 24.3 Å². The molecule has 31 heavy (non-hydrogen) atoms. The van der Waals surface area contributed by atoms with Crippen LogP contribution in [0.25, 0.3) is 10.9 Å². The molecule has 0 atom stereocenters. The Kier molecular flexibility index (Phi) is 6.21. The number of nitrogens with one attached hydrogen (secondary N) is 2. The van der Waals surface area contributed by atoms with Crippen LogP contribution < -0.4 is 21.3 Å². The van der Waals surface area contributed by atoms with Crippen molar-refractivity contribution in [3.63, 3.8) is 0 Å². The summed E-state index contributed by atoms with van der Waals surface area (Å²) in [5.74, 6) is 1.73. The first-order valence-electron chi connectivity index (χ1n) is 10.8. The fourth-order valence-electron chi connectivity index (χ4n) is 4.18. The summed E-state index contributed by atoms with van der Waals surface area (Å²) in [6.07, 6.45) is 3.55. The maximum Gasteiger partial charge on any atom is 0.225 e. The number of nitrogens with zero attached hydrogens (tertiary/aromatic N) is 3. The highest BCUT2D eigenvalue weighted by Crippen LogP contribution is 2.28. The van der Waals surface area contributed by atoms with Gasteiger partial charge in [-0.05, 0) is 55.5 Å². The topological polar surface area (TPSA) is 96.2 Å². The van der Waals surface area contributed by atoms with Crippen LogP contribution in [0.5, 0.6) is 0 Å². The van der Waals surface area contributed by atoms with Crippen molar-refractivity contribution in [3.05, 3.63) is 54.1 Å². The Balaban J connectivity index is 1.33. The predicted octanol–water partition coefficient (Wildman–Crippen LogP) is 3.57. The van der Waals surface area contributed by atoms with Crippen molar-refractivity contribution >= 4 is 34.3 Å². The summed E-state index contributed by atoms with van der Waals surface area (Å²) in [5.41, 5.74) is 8.48. The highest BCUT2D eigenvalue weighted by atomic mass is 16.1. The highest BCUT2D eigenvalue weighted by molar-refractivity contribution is 5.90. The number of carbonyl (C=O) groups excluding carboxylic acids is 1. The van der Waals surface area contributed by atoms with Crippen LogP contribution in [0.4, 0.5) is 17.5 Å². The van der Waals surface area contributed by atoms with Gasteiger partial charge in [0.05, 0.1) is 5.52 Å². The second kappa shape index (κ2) is 9.20. The first-order valence-corrected chi connectivity index (χ1v) is 10.8. The molecule has 4 N–H and O–H groups in total. The Morgan fingerprint density at radius 3 is 2.58 bits per heavy atom. The zero-order valence-corrected chi connectivity index (χ0v) is 18.1. The van der Waals surface area contributed by atoms with Gasteiger partial charge in [0.2, 0.25) is 11.9 Å². The lowest BCUT2D eigenvalue weighted by Gasteiger charge is -2.28. The third-order valence-electron chi connectivity index (χ3n) is 5.86. The van der Waals surface area contributed by atoms with Crippen LogP contribution in [0.2, 0.25) is 0 Å². The average Bonchev–Trinajstić information content (AvgIpc) is 2.77. The van der Waals surface area contributed by atoms with Gasteiger partial charge >= 0.3 is 0 Å². The van der Waals surface area contributed by atoms with Gasteiger partial charge < -0.3 is 21.3 Å². The molecule has 0 aliphatic heterocycles. The lowest BCUT2D eigenvalue weighted by molar-refractivity contribution is -0.126. The Morgan fingerprint density at radius 2 is 1.84 bits per heavy atom. The molecule has 0 saturated heterocycles. The molecule has 1 aliphatic rings. The fourth-order valence-corrected chi connectivity index (χ4v) is 4.18. The summed E-state index contributed by atoms with van der Waals surface area (Å²) in [5, 5.41) is 7.59. The molecule has 0 bridgehead atoms. The summed E-state index contributed by atoms with van der Waals surface area (Å²) in [6.45, 7) is 0.514. The van der Waals surface area contributed by atoms with E-state index in [4.69, 9.17) is 15.7 Å². The van der Waals surface area contributed by atoms with Gasteiger partial charge in [-0.2, -0.15) is 4.98 Å². The van der Waals surface area contributed by atoms with Crippen LogP contribution >= 0.6 is 0 Å². The van der Waals surface area contributed by atoms with E-state index in [-0.39, 0.29) is 17.9 Å². The van der Waals surface area contributed by atoms with E-state index in [1.54, 1.807) is 0 Å². The average molecular weight is 419 g/mol. The molecule has 1 saturated carbocycles. The molecule has 0 spiro atoms. The van der Waals surface area contributed by atoms with Gasteiger partial charge in [-0.3, -0.25) is 4.79 Å². The molecular weight excluding hydrogens is 388 g/mol. The molecule has 162 valence electrons. The molecule has 1 heterocycles. The normalized spacial score (nSPS) is 18.5. The molecule has 1 amide bonds. The van der Waals surface area contributed by atoms with Gasteiger partial charge in [0.15, 0.2) is 0 Å². The molecule has 7 nitrogen and oxygen atoms in total. The van der Waals surface area contributed by atoms with Crippen molar-refractivity contribution < 1.29 is 4.79 Å². The van der Waals surface area contributed by atoms with Crippen LogP contribution in [0.1, 0.15) is 31.2 Å². The van der Waals surface area contributed by atoms with Crippen LogP contribution in [0.3, 0.4) is 0 Å². The first-order chi connectivity index (χ1) is 15.0. The summed E-state index contributed by atoms with van der Waals surface area (Å²) in [4.78, 5) is 24.0. The van der Waals surface area contributed by atoms with Crippen molar-refractivity contribution in [2.45, 2.75) is 38.3 Å². The number of hydrogen-bond donors (Lipinski definition) is 3. The minimum Gasteiger partial charge on any atom is -0.399 e. The number of carbonyl (C=O) groups is 1. The zero-order valence-electron chi connectivity index (χ0n) is 18.1. The number of aromatic nitrogens is 2. The van der Waals surface area contributed by atoms with Gasteiger partial charge in [-0.15, -0.1) is 0 Å². The summed E-state index contributed by atoms with van der Waals surface area (Å²) in [7, 11) is 3.98. The van der Waals surface area contributed by atoms with Crippen LogP contribution in [0.15, 0.2) is 48.5 Å². The molecule has 4 rings (SSSR count). The van der Waals surface area contributed by atoms with E-state index in [0.29, 0.717) is 18.2 Å². The number of nitrogens with two attached hydrogens (primary N) is 1. The maximum atomic E-state index is 12.6. The first kappa shape index (κ1) is 20.9. The van der Waals surface area contributed by atoms with Crippen molar-refractivity contribution in [3.8, 4) is 0 Å². The fraction of sp³-hybridized carbons (Fsp3) is 0.375. The molecule has 0 radical (unpaired) electrons. The number of benzene rings is 2. The third kappa shape index (κ3) is 5.05. The summed E-state index contributed by atoms with van der Waals surface area (Å²) < 4.78 is 0. The summed E-state index contributed by atoms with van der Waals surface area (Å²) >= 11 is 0. The second-order valence-electron chi connectivity index (χ2n) is 8.44. The number of hydrogen-bond acceptors (Lipinski definition) is 6. The minimum absolute atomic E-state index is 0.0500. The second-order valence-corrected chi connectivity index (χ2v) is 8.44. The number of fused-ring (bicyclic) bond motifs is 1. The van der Waals surface area contributed by atoms with Crippen molar-refractivity contribution in [1.29, 1.82) is 0 Å². The van der Waals surface area contributed by atoms with E-state index < -0.39 is 0 Å². The molecule has 3 aromatic rings. The molecular formula is C24H30N6O. The largest absolute Gasteiger partial charge is 0.399 e. The quantitative estimate of drug-likeness (QED) is 0.530. The van der Waals surface area contributed by atoms with Gasteiger partial charge in [0.25, 0.3) is 0 Å². The minimum atomic E-state index is 0.0500. The Bertz CT molecular complexity index is 1060. The van der Waals surface area contributed by atoms with Crippen LogP contribution in [-0.2, 0) is 11.3 Å². The number of para-hydroxylation sites is 1. The predicted molar refractivity (Wildman–Crippen MR) is 126 cm³/mol. The number of anilines is 3. The van der Waals surface area contributed by atoms with Crippen molar-refractivity contribution in [2.24, 2.45) is 5.92 Å².